The van der Waals surface area contributed by atoms with Crippen LogP contribution in [0.25, 0.3) is 10.9 Å². The molecule has 2 aliphatic rings. The maximum Gasteiger partial charge on any atom is 0.341 e. The molecule has 0 amide bonds. The molecule has 1 aromatic carbocycles. The maximum atomic E-state index is 12.8. The molecular weight excluding hydrogens is 394 g/mol. The number of rotatable bonds is 5. The number of aromatic nitrogens is 1. The summed E-state index contributed by atoms with van der Waals surface area (Å²) in [4.78, 5) is 26.6. The van der Waals surface area contributed by atoms with Crippen LogP contribution in [-0.2, 0) is 0 Å². The zero-order valence-electron chi connectivity index (χ0n) is 16.3. The monoisotopic (exact) mass is 417 g/mol. The number of fused-ring (bicyclic) bond motifs is 1. The molecule has 0 unspecified atom stereocenters. The Hall–Kier alpha value is -2.51. The number of anilines is 1. The number of aromatic carboxylic acids is 1. The summed E-state index contributed by atoms with van der Waals surface area (Å²) >= 11 is 6.22. The van der Waals surface area contributed by atoms with Crippen molar-refractivity contribution in [1.29, 1.82) is 0 Å². The highest BCUT2D eigenvalue weighted by Crippen LogP contribution is 2.43. The third kappa shape index (κ3) is 3.49. The number of methoxy groups -OCH3 is 1. The molecule has 0 atom stereocenters. The Kier molecular flexibility index (Phi) is 5.27. The molecule has 1 saturated heterocycles. The minimum absolute atomic E-state index is 0.194. The number of benzene rings is 1. The molecule has 1 aliphatic heterocycles. The largest absolute Gasteiger partial charge is 0.492 e. The number of hydrogen-bond donors (Lipinski definition) is 2. The second-order valence-corrected chi connectivity index (χ2v) is 7.99. The third-order valence-corrected chi connectivity index (χ3v) is 6.19. The highest BCUT2D eigenvalue weighted by atomic mass is 35.5. The van der Waals surface area contributed by atoms with Gasteiger partial charge in [-0.05, 0) is 37.8 Å². The van der Waals surface area contributed by atoms with Crippen LogP contribution in [-0.4, -0.2) is 42.4 Å². The fraction of sp³-hybridized carbons (Fsp3) is 0.429. The van der Waals surface area contributed by atoms with Crippen molar-refractivity contribution < 1.29 is 14.6 Å². The van der Waals surface area contributed by atoms with Crippen molar-refractivity contribution >= 4 is 34.2 Å². The van der Waals surface area contributed by atoms with Gasteiger partial charge in [0.2, 0.25) is 5.43 Å². The van der Waals surface area contributed by atoms with E-state index in [1.165, 1.54) is 11.8 Å². The van der Waals surface area contributed by atoms with E-state index < -0.39 is 11.4 Å². The van der Waals surface area contributed by atoms with Gasteiger partial charge in [-0.25, -0.2) is 4.79 Å². The molecule has 1 aliphatic carbocycles. The number of piperidine rings is 1. The molecule has 0 spiro atoms. The topological polar surface area (TPSA) is 97.8 Å². The first kappa shape index (κ1) is 19.8. The maximum absolute atomic E-state index is 12.8. The molecule has 8 heteroatoms. The number of carbonyl (C=O) groups is 1. The Morgan fingerprint density at radius 3 is 2.55 bits per heavy atom. The summed E-state index contributed by atoms with van der Waals surface area (Å²) in [7, 11) is 1.59. The van der Waals surface area contributed by atoms with Gasteiger partial charge in [0.05, 0.1) is 23.7 Å². The van der Waals surface area contributed by atoms with Gasteiger partial charge in [-0.2, -0.15) is 0 Å². The summed E-state index contributed by atoms with van der Waals surface area (Å²) in [6.45, 7) is 1.90. The van der Waals surface area contributed by atoms with Crippen molar-refractivity contribution in [3.63, 3.8) is 0 Å². The van der Waals surface area contributed by atoms with Gasteiger partial charge in [-0.1, -0.05) is 17.2 Å². The van der Waals surface area contributed by atoms with Gasteiger partial charge >= 0.3 is 5.97 Å². The Morgan fingerprint density at radius 2 is 2.00 bits per heavy atom. The number of carboxylic acid groups (broad SMARTS) is 1. The van der Waals surface area contributed by atoms with E-state index in [1.54, 1.807) is 13.2 Å². The molecule has 4 rings (SSSR count). The average Bonchev–Trinajstić information content (AvgIpc) is 3.57. The summed E-state index contributed by atoms with van der Waals surface area (Å²) in [5, 5.41) is 10.6. The first-order valence-electron chi connectivity index (χ1n) is 9.76. The Balaban J connectivity index is 1.84. The lowest BCUT2D eigenvalue weighted by molar-refractivity contribution is 0.0695. The Bertz CT molecular complexity index is 1060. The van der Waals surface area contributed by atoms with Crippen LogP contribution in [0.2, 0.25) is 0 Å². The van der Waals surface area contributed by atoms with Crippen molar-refractivity contribution in [1.82, 2.24) is 4.57 Å². The van der Waals surface area contributed by atoms with E-state index >= 15 is 0 Å². The minimum Gasteiger partial charge on any atom is -0.492 e. The lowest BCUT2D eigenvalue weighted by atomic mass is 10.0. The van der Waals surface area contributed by atoms with Crippen LogP contribution < -0.4 is 20.8 Å². The van der Waals surface area contributed by atoms with E-state index in [-0.39, 0.29) is 11.6 Å². The summed E-state index contributed by atoms with van der Waals surface area (Å²) in [6.07, 6.45) is 5.03. The van der Waals surface area contributed by atoms with Crippen LogP contribution in [0.15, 0.2) is 33.7 Å². The molecule has 0 radical (unpaired) electrons. The van der Waals surface area contributed by atoms with Gasteiger partial charge in [0, 0.05) is 36.9 Å². The Labute approximate surface area is 173 Å². The predicted octanol–water partition coefficient (Wildman–Crippen LogP) is 3.10. The summed E-state index contributed by atoms with van der Waals surface area (Å²) in [5.74, 6) is -0.595. The highest BCUT2D eigenvalue weighted by molar-refractivity contribution is 6.30. The summed E-state index contributed by atoms with van der Waals surface area (Å²) in [6, 6.07) is 3.77. The summed E-state index contributed by atoms with van der Waals surface area (Å²) in [5.41, 5.74) is 7.73. The second kappa shape index (κ2) is 7.72. The van der Waals surface area contributed by atoms with E-state index in [2.05, 4.69) is 4.90 Å². The number of pyridine rings is 1. The average molecular weight is 418 g/mol. The number of nitrogens with two attached hydrogens (primary N) is 1. The van der Waals surface area contributed by atoms with E-state index in [1.807, 2.05) is 10.6 Å². The number of ether oxygens (including phenoxy) is 1. The van der Waals surface area contributed by atoms with Crippen molar-refractivity contribution in [3.05, 3.63) is 44.7 Å². The predicted molar refractivity (Wildman–Crippen MR) is 113 cm³/mol. The van der Waals surface area contributed by atoms with Crippen molar-refractivity contribution in [3.8, 4) is 5.75 Å². The highest BCUT2D eigenvalue weighted by Gasteiger charge is 2.30. The number of carboxylic acids is 1. The van der Waals surface area contributed by atoms with E-state index in [9.17, 15) is 14.7 Å². The van der Waals surface area contributed by atoms with Gasteiger partial charge in [-0.3, -0.25) is 4.79 Å². The first-order chi connectivity index (χ1) is 14.0. The van der Waals surface area contributed by atoms with Gasteiger partial charge < -0.3 is 25.0 Å². The van der Waals surface area contributed by atoms with Crippen molar-refractivity contribution in [2.45, 2.75) is 31.7 Å². The van der Waals surface area contributed by atoms with E-state index in [0.29, 0.717) is 23.2 Å². The zero-order chi connectivity index (χ0) is 20.7. The molecular formula is C21H24ClN3O4. The molecule has 2 aromatic rings. The molecule has 1 aromatic heterocycles. The SMILES string of the molecule is COc1c(N2CCC(=C(Cl)CN)CC2)ccc2c(=O)c(C(=O)O)cn(C3CC3)c12. The molecule has 3 N–H and O–H groups in total. The van der Waals surface area contributed by atoms with Crippen LogP contribution in [0, 0.1) is 0 Å². The van der Waals surface area contributed by atoms with Gasteiger partial charge in [0.25, 0.3) is 0 Å². The zero-order valence-corrected chi connectivity index (χ0v) is 17.0. The molecule has 154 valence electrons. The van der Waals surface area contributed by atoms with Gasteiger partial charge in [0.1, 0.15) is 5.56 Å². The van der Waals surface area contributed by atoms with Crippen LogP contribution in [0.3, 0.4) is 0 Å². The molecule has 7 nitrogen and oxygen atoms in total. The van der Waals surface area contributed by atoms with Gasteiger partial charge in [-0.15, -0.1) is 0 Å². The number of nitrogens with zero attached hydrogens (tertiary/aromatic N) is 2. The van der Waals surface area contributed by atoms with E-state index in [4.69, 9.17) is 22.1 Å². The fourth-order valence-corrected chi connectivity index (χ4v) is 4.27. The first-order valence-corrected chi connectivity index (χ1v) is 10.1. The van der Waals surface area contributed by atoms with Crippen molar-refractivity contribution in [2.75, 3.05) is 31.6 Å². The van der Waals surface area contributed by atoms with Crippen LogP contribution in [0.5, 0.6) is 5.75 Å². The standard InChI is InChI=1S/C21H24ClN3O4/c1-29-20-17(24-8-6-12(7-9-24)16(22)10-23)5-4-14-18(20)25(13-2-3-13)11-15(19(14)26)21(27)28/h4-5,11,13H,2-3,6-10,23H2,1H3,(H,27,28). The minimum atomic E-state index is -1.21. The lowest BCUT2D eigenvalue weighted by Gasteiger charge is -2.32. The molecule has 1 saturated carbocycles. The van der Waals surface area contributed by atoms with Crippen LogP contribution in [0.4, 0.5) is 5.69 Å². The smallest absolute Gasteiger partial charge is 0.341 e. The molecule has 2 heterocycles. The van der Waals surface area contributed by atoms with Crippen LogP contribution >= 0.6 is 11.6 Å². The summed E-state index contributed by atoms with van der Waals surface area (Å²) < 4.78 is 7.68. The third-order valence-electron chi connectivity index (χ3n) is 5.77. The van der Waals surface area contributed by atoms with Gasteiger partial charge in [0.15, 0.2) is 5.75 Å². The van der Waals surface area contributed by atoms with E-state index in [0.717, 1.165) is 49.5 Å². The number of halogens is 1. The molecule has 29 heavy (non-hydrogen) atoms. The van der Waals surface area contributed by atoms with Crippen LogP contribution in [0.1, 0.15) is 42.1 Å². The molecule has 2 fully saturated rings. The number of hydrogen-bond acceptors (Lipinski definition) is 5. The molecule has 0 bridgehead atoms. The lowest BCUT2D eigenvalue weighted by Crippen LogP contribution is -2.31. The normalized spacial score (nSPS) is 16.9. The second-order valence-electron chi connectivity index (χ2n) is 7.53. The van der Waals surface area contributed by atoms with Crippen molar-refractivity contribution in [2.24, 2.45) is 5.73 Å². The fourth-order valence-electron chi connectivity index (χ4n) is 4.08. The quantitative estimate of drug-likeness (QED) is 0.775. The Morgan fingerprint density at radius 1 is 1.31 bits per heavy atom.